The average molecular weight is 282 g/mol. The van der Waals surface area contributed by atoms with Crippen LogP contribution in [0.3, 0.4) is 0 Å². The monoisotopic (exact) mass is 282 g/mol. The maximum absolute atomic E-state index is 5.25. The van der Waals surface area contributed by atoms with Gasteiger partial charge < -0.3 is 4.98 Å². The SMILES string of the molecule is CC(C)Cc1cc(=S)nc(CSC2CCCC2)[nH]1. The van der Waals surface area contributed by atoms with Crippen LogP contribution in [0.15, 0.2) is 6.07 Å². The van der Waals surface area contributed by atoms with Crippen LogP contribution in [0.25, 0.3) is 0 Å². The van der Waals surface area contributed by atoms with E-state index in [2.05, 4.69) is 23.8 Å². The first-order valence-corrected chi connectivity index (χ1v) is 8.30. The van der Waals surface area contributed by atoms with Crippen LogP contribution in [0.5, 0.6) is 0 Å². The number of nitrogens with zero attached hydrogens (tertiary/aromatic N) is 1. The standard InChI is InChI=1S/C14H22N2S2/c1-10(2)7-11-8-14(17)16-13(15-11)9-18-12-5-3-4-6-12/h8,10,12H,3-7,9H2,1-2H3,(H,15,16,17). The maximum atomic E-state index is 5.25. The Morgan fingerprint density at radius 2 is 2.17 bits per heavy atom. The van der Waals surface area contributed by atoms with Gasteiger partial charge >= 0.3 is 0 Å². The number of thioether (sulfide) groups is 1. The molecule has 2 nitrogen and oxygen atoms in total. The van der Waals surface area contributed by atoms with E-state index in [0.717, 1.165) is 27.9 Å². The zero-order valence-corrected chi connectivity index (χ0v) is 12.9. The van der Waals surface area contributed by atoms with E-state index in [-0.39, 0.29) is 0 Å². The Hall–Kier alpha value is -0.350. The van der Waals surface area contributed by atoms with Crippen LogP contribution >= 0.6 is 24.0 Å². The zero-order valence-electron chi connectivity index (χ0n) is 11.2. The lowest BCUT2D eigenvalue weighted by atomic mass is 10.1. The molecule has 1 N–H and O–H groups in total. The Morgan fingerprint density at radius 3 is 2.83 bits per heavy atom. The number of aromatic amines is 1. The average Bonchev–Trinajstić information content (AvgIpc) is 2.77. The van der Waals surface area contributed by atoms with E-state index in [1.165, 1.54) is 31.4 Å². The molecule has 0 atom stereocenters. The number of H-pyrrole nitrogens is 1. The Bertz CT molecular complexity index is 434. The largest absolute Gasteiger partial charge is 0.346 e. The summed E-state index contributed by atoms with van der Waals surface area (Å²) in [6.07, 6.45) is 6.59. The van der Waals surface area contributed by atoms with Gasteiger partial charge in [0.15, 0.2) is 0 Å². The van der Waals surface area contributed by atoms with Gasteiger partial charge in [0.1, 0.15) is 10.5 Å². The van der Waals surface area contributed by atoms with Crippen molar-refractivity contribution in [2.75, 3.05) is 0 Å². The number of aromatic nitrogens is 2. The molecule has 18 heavy (non-hydrogen) atoms. The molecular weight excluding hydrogens is 260 g/mol. The topological polar surface area (TPSA) is 28.7 Å². The lowest BCUT2D eigenvalue weighted by Crippen LogP contribution is -2.04. The maximum Gasteiger partial charge on any atom is 0.130 e. The van der Waals surface area contributed by atoms with Crippen LogP contribution in [0.1, 0.15) is 51.0 Å². The summed E-state index contributed by atoms with van der Waals surface area (Å²) < 4.78 is 0.728. The summed E-state index contributed by atoms with van der Waals surface area (Å²) in [6.45, 7) is 4.45. The molecule has 2 rings (SSSR count). The Balaban J connectivity index is 1.98. The van der Waals surface area contributed by atoms with Gasteiger partial charge in [-0.15, -0.1) is 0 Å². The Morgan fingerprint density at radius 1 is 1.44 bits per heavy atom. The van der Waals surface area contributed by atoms with Crippen molar-refractivity contribution in [2.24, 2.45) is 5.92 Å². The van der Waals surface area contributed by atoms with E-state index in [0.29, 0.717) is 5.92 Å². The summed E-state index contributed by atoms with van der Waals surface area (Å²) in [5.74, 6) is 2.67. The second-order valence-electron chi connectivity index (χ2n) is 5.51. The normalized spacial score (nSPS) is 16.6. The van der Waals surface area contributed by atoms with Crippen molar-refractivity contribution in [1.82, 2.24) is 9.97 Å². The molecule has 1 aliphatic carbocycles. The van der Waals surface area contributed by atoms with Gasteiger partial charge in [-0.25, -0.2) is 4.98 Å². The molecule has 0 spiro atoms. The molecule has 0 aliphatic heterocycles. The van der Waals surface area contributed by atoms with Gasteiger partial charge in [0.25, 0.3) is 0 Å². The number of hydrogen-bond acceptors (Lipinski definition) is 3. The predicted molar refractivity (Wildman–Crippen MR) is 81.5 cm³/mol. The highest BCUT2D eigenvalue weighted by Gasteiger charge is 2.15. The number of nitrogens with one attached hydrogen (secondary N) is 1. The van der Waals surface area contributed by atoms with E-state index in [1.807, 2.05) is 17.8 Å². The molecule has 0 unspecified atom stereocenters. The minimum Gasteiger partial charge on any atom is -0.346 e. The molecule has 0 saturated heterocycles. The Labute approximate surface area is 119 Å². The van der Waals surface area contributed by atoms with E-state index in [4.69, 9.17) is 12.2 Å². The molecule has 1 aliphatic rings. The van der Waals surface area contributed by atoms with Gasteiger partial charge in [-0.1, -0.05) is 38.9 Å². The summed E-state index contributed by atoms with van der Waals surface area (Å²) in [6, 6.07) is 2.00. The molecule has 1 heterocycles. The Kier molecular flexibility index (Phi) is 5.25. The van der Waals surface area contributed by atoms with Gasteiger partial charge in [-0.05, 0) is 31.2 Å². The highest BCUT2D eigenvalue weighted by molar-refractivity contribution is 7.99. The van der Waals surface area contributed by atoms with Gasteiger partial charge in [-0.3, -0.25) is 0 Å². The van der Waals surface area contributed by atoms with Crippen molar-refractivity contribution >= 4 is 24.0 Å². The second-order valence-corrected chi connectivity index (χ2v) is 7.21. The molecule has 1 saturated carbocycles. The van der Waals surface area contributed by atoms with Gasteiger partial charge in [0.05, 0.1) is 5.75 Å². The van der Waals surface area contributed by atoms with E-state index >= 15 is 0 Å². The third kappa shape index (κ3) is 4.39. The van der Waals surface area contributed by atoms with Gasteiger partial charge in [0.2, 0.25) is 0 Å². The summed E-state index contributed by atoms with van der Waals surface area (Å²) in [7, 11) is 0. The third-order valence-electron chi connectivity index (χ3n) is 3.23. The highest BCUT2D eigenvalue weighted by atomic mass is 32.2. The predicted octanol–water partition coefficient (Wildman–Crippen LogP) is 4.51. The lowest BCUT2D eigenvalue weighted by molar-refractivity contribution is 0.631. The molecule has 0 amide bonds. The minimum atomic E-state index is 0.647. The summed E-state index contributed by atoms with van der Waals surface area (Å²) in [5.41, 5.74) is 1.23. The van der Waals surface area contributed by atoms with Crippen LogP contribution in [0.4, 0.5) is 0 Å². The fourth-order valence-corrected chi connectivity index (χ4v) is 3.88. The number of hydrogen-bond donors (Lipinski definition) is 1. The molecular formula is C14H22N2S2. The number of rotatable bonds is 5. The van der Waals surface area contributed by atoms with Gasteiger partial charge in [0, 0.05) is 10.9 Å². The summed E-state index contributed by atoms with van der Waals surface area (Å²) in [5, 5.41) is 0.836. The molecule has 1 aromatic rings. The van der Waals surface area contributed by atoms with E-state index < -0.39 is 0 Å². The van der Waals surface area contributed by atoms with Crippen molar-refractivity contribution < 1.29 is 0 Å². The van der Waals surface area contributed by atoms with E-state index in [9.17, 15) is 0 Å². The van der Waals surface area contributed by atoms with Crippen LogP contribution in [-0.2, 0) is 12.2 Å². The summed E-state index contributed by atoms with van der Waals surface area (Å²) in [4.78, 5) is 7.88. The smallest absolute Gasteiger partial charge is 0.130 e. The fraction of sp³-hybridized carbons (Fsp3) is 0.714. The summed E-state index contributed by atoms with van der Waals surface area (Å²) >= 11 is 7.28. The van der Waals surface area contributed by atoms with Crippen molar-refractivity contribution in [3.63, 3.8) is 0 Å². The van der Waals surface area contributed by atoms with Crippen molar-refractivity contribution in [2.45, 2.75) is 57.0 Å². The van der Waals surface area contributed by atoms with Crippen LogP contribution in [0, 0.1) is 10.6 Å². The molecule has 0 aromatic carbocycles. The first-order valence-electron chi connectivity index (χ1n) is 6.84. The van der Waals surface area contributed by atoms with Crippen LogP contribution in [-0.4, -0.2) is 15.2 Å². The second kappa shape index (κ2) is 6.71. The van der Waals surface area contributed by atoms with Crippen LogP contribution in [0.2, 0.25) is 0 Å². The molecule has 100 valence electrons. The molecule has 1 aromatic heterocycles. The molecule has 0 radical (unpaired) electrons. The molecule has 4 heteroatoms. The third-order valence-corrected chi connectivity index (χ3v) is 4.83. The molecule has 1 fully saturated rings. The van der Waals surface area contributed by atoms with Crippen molar-refractivity contribution in [1.29, 1.82) is 0 Å². The zero-order chi connectivity index (χ0) is 13.0. The van der Waals surface area contributed by atoms with Crippen molar-refractivity contribution in [3.8, 4) is 0 Å². The lowest BCUT2D eigenvalue weighted by Gasteiger charge is -2.10. The first kappa shape index (κ1) is 14.1. The first-order chi connectivity index (χ1) is 8.63. The fourth-order valence-electron chi connectivity index (χ4n) is 2.43. The van der Waals surface area contributed by atoms with Crippen molar-refractivity contribution in [3.05, 3.63) is 22.2 Å². The highest BCUT2D eigenvalue weighted by Crippen LogP contribution is 2.30. The minimum absolute atomic E-state index is 0.647. The quantitative estimate of drug-likeness (QED) is 0.805. The molecule has 0 bridgehead atoms. The van der Waals surface area contributed by atoms with Crippen LogP contribution < -0.4 is 0 Å². The van der Waals surface area contributed by atoms with Gasteiger partial charge in [-0.2, -0.15) is 11.8 Å². The van der Waals surface area contributed by atoms with E-state index in [1.54, 1.807) is 0 Å².